The van der Waals surface area contributed by atoms with E-state index in [9.17, 15) is 0 Å². The summed E-state index contributed by atoms with van der Waals surface area (Å²) in [6.45, 7) is 6.08. The first-order valence-electron chi connectivity index (χ1n) is 5.26. The predicted octanol–water partition coefficient (Wildman–Crippen LogP) is 1.72. The molecule has 0 amide bonds. The molecule has 16 heavy (non-hydrogen) atoms. The zero-order valence-corrected chi connectivity index (χ0v) is 11.0. The van der Waals surface area contributed by atoms with Gasteiger partial charge >= 0.3 is 0 Å². The second-order valence-corrected chi connectivity index (χ2v) is 3.45. The molecule has 0 aliphatic rings. The minimum Gasteiger partial charge on any atom is -0.391 e. The van der Waals surface area contributed by atoms with Gasteiger partial charge in [0.25, 0.3) is 0 Å². The molecule has 0 fully saturated rings. The third-order valence-electron chi connectivity index (χ3n) is 2.36. The van der Waals surface area contributed by atoms with E-state index in [1.165, 1.54) is 0 Å². The van der Waals surface area contributed by atoms with Gasteiger partial charge in [0.15, 0.2) is 0 Å². The van der Waals surface area contributed by atoms with E-state index >= 15 is 0 Å². The first kappa shape index (κ1) is 14.4. The van der Waals surface area contributed by atoms with Crippen LogP contribution in [0.3, 0.4) is 0 Å². The second kappa shape index (κ2) is 7.68. The highest BCUT2D eigenvalue weighted by Crippen LogP contribution is 2.10. The Bertz CT molecular complexity index is 335. The lowest BCUT2D eigenvalue weighted by Gasteiger charge is -2.10. The van der Waals surface area contributed by atoms with Gasteiger partial charge in [-0.15, -0.1) is 0 Å². The van der Waals surface area contributed by atoms with Gasteiger partial charge in [0, 0.05) is 33.0 Å². The molecule has 0 spiro atoms. The normalized spacial score (nSPS) is 15.1. The smallest absolute Gasteiger partial charge is 0.0876 e. The third-order valence-corrected chi connectivity index (χ3v) is 2.36. The molecule has 0 aliphatic carbocycles. The van der Waals surface area contributed by atoms with Gasteiger partial charge in [0.2, 0.25) is 0 Å². The van der Waals surface area contributed by atoms with Crippen LogP contribution in [0.5, 0.6) is 0 Å². The van der Waals surface area contributed by atoms with Crippen LogP contribution in [0.25, 0.3) is 0 Å². The summed E-state index contributed by atoms with van der Waals surface area (Å²) in [5.41, 5.74) is 4.27. The maximum Gasteiger partial charge on any atom is 0.0876 e. The van der Waals surface area contributed by atoms with Crippen molar-refractivity contribution in [3.05, 3.63) is 23.0 Å². The van der Waals surface area contributed by atoms with Crippen LogP contribution in [-0.4, -0.2) is 33.2 Å². The van der Waals surface area contributed by atoms with Gasteiger partial charge in [-0.25, -0.2) is 4.99 Å². The quantitative estimate of drug-likeness (QED) is 0.549. The molecule has 0 bridgehead atoms. The highest BCUT2D eigenvalue weighted by Gasteiger charge is 2.06. The highest BCUT2D eigenvalue weighted by molar-refractivity contribution is 6.11. The molecule has 0 atom stereocenters. The summed E-state index contributed by atoms with van der Waals surface area (Å²) in [5, 5.41) is 5.97. The second-order valence-electron chi connectivity index (χ2n) is 3.45. The fraction of sp³-hybridized carbons (Fsp3) is 0.500. The molecule has 0 aromatic carbocycles. The first-order chi connectivity index (χ1) is 7.58. The summed E-state index contributed by atoms with van der Waals surface area (Å²) in [5.74, 6) is 0. The summed E-state index contributed by atoms with van der Waals surface area (Å²) in [6, 6.07) is 0. The van der Waals surface area contributed by atoms with Gasteiger partial charge in [-0.1, -0.05) is 0 Å². The van der Waals surface area contributed by atoms with E-state index in [-0.39, 0.29) is 0 Å². The third kappa shape index (κ3) is 4.29. The molecule has 90 valence electrons. The number of hydrogen-bond donors (Lipinski definition) is 2. The van der Waals surface area contributed by atoms with Gasteiger partial charge in [-0.3, -0.25) is 4.99 Å². The van der Waals surface area contributed by atoms with E-state index in [4.69, 9.17) is 0 Å². The van der Waals surface area contributed by atoms with Crippen LogP contribution in [0.4, 0.5) is 0 Å². The minimum absolute atomic E-state index is 0.972. The van der Waals surface area contributed by atoms with Crippen molar-refractivity contribution in [2.24, 2.45) is 9.98 Å². The van der Waals surface area contributed by atoms with Crippen LogP contribution in [0.15, 0.2) is 33.0 Å². The molecule has 0 aromatic heterocycles. The lowest BCUT2D eigenvalue weighted by Crippen LogP contribution is -2.11. The van der Waals surface area contributed by atoms with Crippen LogP contribution in [0.2, 0.25) is 0 Å². The zero-order chi connectivity index (χ0) is 12.6. The fourth-order valence-corrected chi connectivity index (χ4v) is 1.29. The van der Waals surface area contributed by atoms with E-state index in [0.29, 0.717) is 0 Å². The molecule has 0 radical (unpaired) electrons. The molecule has 4 nitrogen and oxygen atoms in total. The van der Waals surface area contributed by atoms with E-state index in [2.05, 4.69) is 20.6 Å². The SMILES string of the molecule is C/N=C(C(/C)=C/N=C/NC)\C(C)=C(/C)NC. The van der Waals surface area contributed by atoms with Crippen molar-refractivity contribution >= 4 is 12.1 Å². The molecule has 0 unspecified atom stereocenters. The maximum atomic E-state index is 4.29. The lowest BCUT2D eigenvalue weighted by molar-refractivity contribution is 0.973. The molecule has 0 heterocycles. The number of nitrogens with zero attached hydrogens (tertiary/aromatic N) is 2. The van der Waals surface area contributed by atoms with E-state index in [1.807, 2.05) is 34.9 Å². The van der Waals surface area contributed by atoms with Crippen LogP contribution >= 0.6 is 0 Å². The van der Waals surface area contributed by atoms with Crippen molar-refractivity contribution in [3.63, 3.8) is 0 Å². The summed E-state index contributed by atoms with van der Waals surface area (Å²) in [7, 11) is 5.52. The molecule has 2 N–H and O–H groups in total. The van der Waals surface area contributed by atoms with Gasteiger partial charge in [0.1, 0.15) is 0 Å². The lowest BCUT2D eigenvalue weighted by atomic mass is 10.0. The molecule has 0 aromatic rings. The van der Waals surface area contributed by atoms with Crippen LogP contribution in [0.1, 0.15) is 20.8 Å². The molecule has 0 rings (SSSR count). The number of aliphatic imine (C=N–C) groups is 2. The molecule has 0 aliphatic heterocycles. The Kier molecular flexibility index (Phi) is 6.92. The standard InChI is InChI=1S/C12H22N4/c1-9(7-16-8-13-4)12(15-6)10(2)11(3)14-5/h7-8,14H,1-6H3,(H,13,16)/b9-7+,11-10+,15-12-. The van der Waals surface area contributed by atoms with Crippen molar-refractivity contribution in [2.45, 2.75) is 20.8 Å². The van der Waals surface area contributed by atoms with Gasteiger partial charge < -0.3 is 10.6 Å². The number of hydrogen-bond acceptors (Lipinski definition) is 3. The van der Waals surface area contributed by atoms with Crippen molar-refractivity contribution < 1.29 is 0 Å². The van der Waals surface area contributed by atoms with Crippen molar-refractivity contribution in [3.8, 4) is 0 Å². The van der Waals surface area contributed by atoms with Crippen LogP contribution in [-0.2, 0) is 0 Å². The summed E-state index contributed by atoms with van der Waals surface area (Å²) in [4.78, 5) is 8.40. The Hall–Kier alpha value is -1.58. The topological polar surface area (TPSA) is 48.8 Å². The summed E-state index contributed by atoms with van der Waals surface area (Å²) in [6.07, 6.45) is 3.44. The fourth-order valence-electron chi connectivity index (χ4n) is 1.29. The van der Waals surface area contributed by atoms with E-state index < -0.39 is 0 Å². The molecular formula is C12H22N4. The van der Waals surface area contributed by atoms with Gasteiger partial charge in [-0.2, -0.15) is 0 Å². The van der Waals surface area contributed by atoms with Gasteiger partial charge in [-0.05, 0) is 31.9 Å². The first-order valence-corrected chi connectivity index (χ1v) is 5.26. The van der Waals surface area contributed by atoms with E-state index in [0.717, 1.165) is 22.6 Å². The largest absolute Gasteiger partial charge is 0.391 e. The average Bonchev–Trinajstić information content (AvgIpc) is 2.29. The Morgan fingerprint density at radius 3 is 2.19 bits per heavy atom. The summed E-state index contributed by atoms with van der Waals surface area (Å²) >= 11 is 0. The van der Waals surface area contributed by atoms with Crippen molar-refractivity contribution in [1.82, 2.24) is 10.6 Å². The Morgan fingerprint density at radius 1 is 1.12 bits per heavy atom. The minimum atomic E-state index is 0.972. The maximum absolute atomic E-state index is 4.29. The molecule has 4 heteroatoms. The predicted molar refractivity (Wildman–Crippen MR) is 72.1 cm³/mol. The van der Waals surface area contributed by atoms with Gasteiger partial charge in [0.05, 0.1) is 12.1 Å². The highest BCUT2D eigenvalue weighted by atomic mass is 14.9. The Labute approximate surface area is 98.3 Å². The van der Waals surface area contributed by atoms with E-state index in [1.54, 1.807) is 19.6 Å². The average molecular weight is 222 g/mol. The molecule has 0 saturated carbocycles. The number of nitrogens with one attached hydrogen (secondary N) is 2. The number of allylic oxidation sites excluding steroid dienone is 3. The monoisotopic (exact) mass is 222 g/mol. The van der Waals surface area contributed by atoms with Crippen LogP contribution in [0, 0.1) is 0 Å². The Morgan fingerprint density at radius 2 is 1.75 bits per heavy atom. The molecular weight excluding hydrogens is 200 g/mol. The number of rotatable bonds is 5. The van der Waals surface area contributed by atoms with Crippen molar-refractivity contribution in [1.29, 1.82) is 0 Å². The molecule has 0 saturated heterocycles. The Balaban J connectivity index is 5.04. The van der Waals surface area contributed by atoms with Crippen LogP contribution < -0.4 is 10.6 Å². The summed E-state index contributed by atoms with van der Waals surface area (Å²) < 4.78 is 0. The zero-order valence-electron chi connectivity index (χ0n) is 11.0. The van der Waals surface area contributed by atoms with Crippen molar-refractivity contribution in [2.75, 3.05) is 21.1 Å².